The van der Waals surface area contributed by atoms with Gasteiger partial charge in [-0.3, -0.25) is 9.59 Å². The molecule has 2 rings (SSSR count). The molecule has 0 saturated carbocycles. The number of rotatable bonds is 7. The fraction of sp³-hybridized carbons (Fsp3) is 0.263. The normalized spacial score (nSPS) is 11.5. The monoisotopic (exact) mass is 378 g/mol. The summed E-state index contributed by atoms with van der Waals surface area (Å²) in [6.07, 6.45) is 0. The first-order valence-electron chi connectivity index (χ1n) is 8.04. The fourth-order valence-electron chi connectivity index (χ4n) is 2.38. The van der Waals surface area contributed by atoms with Gasteiger partial charge in [0.2, 0.25) is 5.91 Å². The molecule has 0 fully saturated rings. The zero-order valence-corrected chi connectivity index (χ0v) is 15.3. The topological polar surface area (TPSA) is 58.6 Å². The molecule has 26 heavy (non-hydrogen) atoms. The number of carbonyl (C=O) groups excluding carboxylic acids is 2. The van der Waals surface area contributed by atoms with Gasteiger partial charge in [-0.15, -0.1) is 0 Å². The van der Waals surface area contributed by atoms with Gasteiger partial charge < -0.3 is 15.0 Å². The summed E-state index contributed by atoms with van der Waals surface area (Å²) in [5, 5.41) is 3.08. The number of benzene rings is 2. The van der Waals surface area contributed by atoms with Crippen LogP contribution in [0.5, 0.6) is 5.75 Å². The largest absolute Gasteiger partial charge is 0.484 e. The first-order valence-corrected chi connectivity index (χ1v) is 8.42. The second-order valence-electron chi connectivity index (χ2n) is 5.68. The lowest BCUT2D eigenvalue weighted by Crippen LogP contribution is -2.48. The molecular formula is C19H20ClFN2O3. The summed E-state index contributed by atoms with van der Waals surface area (Å²) < 4.78 is 18.3. The van der Waals surface area contributed by atoms with Gasteiger partial charge in [0.1, 0.15) is 17.6 Å². The highest BCUT2D eigenvalue weighted by atomic mass is 35.5. The molecule has 2 amide bonds. The Morgan fingerprint density at radius 1 is 1.23 bits per heavy atom. The highest BCUT2D eigenvalue weighted by Gasteiger charge is 2.25. The van der Waals surface area contributed by atoms with E-state index in [2.05, 4.69) is 5.32 Å². The van der Waals surface area contributed by atoms with Crippen molar-refractivity contribution in [3.8, 4) is 5.75 Å². The third-order valence-corrected chi connectivity index (χ3v) is 4.07. The van der Waals surface area contributed by atoms with Gasteiger partial charge in [0.15, 0.2) is 6.61 Å². The Morgan fingerprint density at radius 3 is 2.54 bits per heavy atom. The molecule has 2 aromatic carbocycles. The van der Waals surface area contributed by atoms with Crippen molar-refractivity contribution in [1.29, 1.82) is 0 Å². The number of hydrogen-bond acceptors (Lipinski definition) is 3. The van der Waals surface area contributed by atoms with E-state index in [9.17, 15) is 14.0 Å². The lowest BCUT2D eigenvalue weighted by molar-refractivity contribution is -0.142. The average Bonchev–Trinajstić information content (AvgIpc) is 2.64. The molecule has 1 unspecified atom stereocenters. The first-order chi connectivity index (χ1) is 12.4. The van der Waals surface area contributed by atoms with Crippen LogP contribution in [0.3, 0.4) is 0 Å². The number of hydrogen-bond donors (Lipinski definition) is 1. The SMILES string of the molecule is CNC(=O)C(C)N(Cc1cccc(Cl)c1)C(=O)COc1ccc(F)cc1. The Labute approximate surface area is 156 Å². The number of likely N-dealkylation sites (N-methyl/N-ethyl adjacent to an activating group) is 1. The van der Waals surface area contributed by atoms with E-state index in [1.54, 1.807) is 25.1 Å². The third kappa shape index (κ3) is 5.46. The smallest absolute Gasteiger partial charge is 0.261 e. The standard InChI is InChI=1S/C19H20ClFN2O3/c1-13(19(25)22-2)23(11-14-4-3-5-15(20)10-14)18(24)12-26-17-8-6-16(21)7-9-17/h3-10,13H,11-12H2,1-2H3,(H,22,25). The maximum Gasteiger partial charge on any atom is 0.261 e. The van der Waals surface area contributed by atoms with E-state index in [0.29, 0.717) is 10.8 Å². The van der Waals surface area contributed by atoms with Crippen LogP contribution in [0.15, 0.2) is 48.5 Å². The van der Waals surface area contributed by atoms with Crippen LogP contribution in [0.4, 0.5) is 4.39 Å². The molecule has 1 atom stereocenters. The van der Waals surface area contributed by atoms with Crippen molar-refractivity contribution in [3.05, 3.63) is 64.9 Å². The van der Waals surface area contributed by atoms with Crippen LogP contribution in [-0.4, -0.2) is 36.4 Å². The summed E-state index contributed by atoms with van der Waals surface area (Å²) in [5.74, 6) is -0.679. The summed E-state index contributed by atoms with van der Waals surface area (Å²) in [6, 6.07) is 11.7. The Balaban J connectivity index is 2.12. The lowest BCUT2D eigenvalue weighted by atomic mass is 10.1. The molecule has 0 aliphatic carbocycles. The molecule has 5 nitrogen and oxygen atoms in total. The van der Waals surface area contributed by atoms with Crippen molar-refractivity contribution in [3.63, 3.8) is 0 Å². The van der Waals surface area contributed by atoms with Gasteiger partial charge >= 0.3 is 0 Å². The number of halogens is 2. The van der Waals surface area contributed by atoms with Crippen LogP contribution in [0.1, 0.15) is 12.5 Å². The van der Waals surface area contributed by atoms with E-state index in [1.165, 1.54) is 36.2 Å². The minimum atomic E-state index is -0.691. The van der Waals surface area contributed by atoms with Crippen molar-refractivity contribution in [1.82, 2.24) is 10.2 Å². The van der Waals surface area contributed by atoms with E-state index >= 15 is 0 Å². The minimum absolute atomic E-state index is 0.209. The van der Waals surface area contributed by atoms with Gasteiger partial charge in [-0.1, -0.05) is 23.7 Å². The van der Waals surface area contributed by atoms with E-state index in [-0.39, 0.29) is 30.8 Å². The molecule has 0 saturated heterocycles. The minimum Gasteiger partial charge on any atom is -0.484 e. The molecule has 138 valence electrons. The Hall–Kier alpha value is -2.60. The fourth-order valence-corrected chi connectivity index (χ4v) is 2.60. The Morgan fingerprint density at radius 2 is 1.92 bits per heavy atom. The second kappa shape index (κ2) is 9.20. The van der Waals surface area contributed by atoms with Crippen molar-refractivity contribution in [2.24, 2.45) is 0 Å². The number of nitrogens with one attached hydrogen (secondary N) is 1. The number of amides is 2. The van der Waals surface area contributed by atoms with E-state index < -0.39 is 6.04 Å². The van der Waals surface area contributed by atoms with Crippen molar-refractivity contribution < 1.29 is 18.7 Å². The van der Waals surface area contributed by atoms with Gasteiger partial charge in [0.25, 0.3) is 5.91 Å². The molecule has 0 spiro atoms. The summed E-state index contributed by atoms with van der Waals surface area (Å²) in [6.45, 7) is 1.58. The van der Waals surface area contributed by atoms with Crippen molar-refractivity contribution in [2.75, 3.05) is 13.7 Å². The van der Waals surface area contributed by atoms with Crippen LogP contribution in [0.2, 0.25) is 5.02 Å². The molecule has 0 bridgehead atoms. The first kappa shape index (κ1) is 19.7. The lowest BCUT2D eigenvalue weighted by Gasteiger charge is -2.28. The van der Waals surface area contributed by atoms with Crippen LogP contribution in [0, 0.1) is 5.82 Å². The van der Waals surface area contributed by atoms with Crippen molar-refractivity contribution in [2.45, 2.75) is 19.5 Å². The molecule has 0 aliphatic rings. The zero-order chi connectivity index (χ0) is 19.1. The van der Waals surface area contributed by atoms with Crippen LogP contribution in [-0.2, 0) is 16.1 Å². The molecule has 1 N–H and O–H groups in total. The average molecular weight is 379 g/mol. The van der Waals surface area contributed by atoms with Gasteiger partial charge in [-0.25, -0.2) is 4.39 Å². The molecule has 7 heteroatoms. The molecular weight excluding hydrogens is 359 g/mol. The van der Waals surface area contributed by atoms with E-state index in [1.807, 2.05) is 6.07 Å². The molecule has 0 aliphatic heterocycles. The zero-order valence-electron chi connectivity index (χ0n) is 14.5. The van der Waals surface area contributed by atoms with E-state index in [0.717, 1.165) is 5.56 Å². The Bertz CT molecular complexity index is 768. The second-order valence-corrected chi connectivity index (χ2v) is 6.12. The molecule has 0 heterocycles. The van der Waals surface area contributed by atoms with Crippen LogP contribution < -0.4 is 10.1 Å². The number of carbonyl (C=O) groups is 2. The Kier molecular flexibility index (Phi) is 6.97. The summed E-state index contributed by atoms with van der Waals surface area (Å²) in [5.41, 5.74) is 0.795. The highest BCUT2D eigenvalue weighted by Crippen LogP contribution is 2.16. The van der Waals surface area contributed by atoms with Crippen LogP contribution >= 0.6 is 11.6 Å². The quantitative estimate of drug-likeness (QED) is 0.805. The predicted molar refractivity (Wildman–Crippen MR) is 97.4 cm³/mol. The predicted octanol–water partition coefficient (Wildman–Crippen LogP) is 3.02. The van der Waals surface area contributed by atoms with Crippen LogP contribution in [0.25, 0.3) is 0 Å². The van der Waals surface area contributed by atoms with Gasteiger partial charge in [0.05, 0.1) is 0 Å². The molecule has 0 radical (unpaired) electrons. The van der Waals surface area contributed by atoms with E-state index in [4.69, 9.17) is 16.3 Å². The highest BCUT2D eigenvalue weighted by molar-refractivity contribution is 6.30. The molecule has 0 aromatic heterocycles. The summed E-state index contributed by atoms with van der Waals surface area (Å²) >= 11 is 5.99. The van der Waals surface area contributed by atoms with Gasteiger partial charge in [-0.2, -0.15) is 0 Å². The maximum atomic E-state index is 12.9. The summed E-state index contributed by atoms with van der Waals surface area (Å²) in [7, 11) is 1.51. The summed E-state index contributed by atoms with van der Waals surface area (Å²) in [4.78, 5) is 26.1. The molecule has 2 aromatic rings. The van der Waals surface area contributed by atoms with Crippen molar-refractivity contribution >= 4 is 23.4 Å². The number of nitrogens with zero attached hydrogens (tertiary/aromatic N) is 1. The van der Waals surface area contributed by atoms with Gasteiger partial charge in [0, 0.05) is 18.6 Å². The number of ether oxygens (including phenoxy) is 1. The third-order valence-electron chi connectivity index (χ3n) is 3.83. The maximum absolute atomic E-state index is 12.9. The van der Waals surface area contributed by atoms with Gasteiger partial charge in [-0.05, 0) is 48.9 Å².